The molecule has 0 spiro atoms. The number of benzene rings is 2. The van der Waals surface area contributed by atoms with Gasteiger partial charge in [0.15, 0.2) is 23.0 Å². The van der Waals surface area contributed by atoms with E-state index in [9.17, 15) is 9.90 Å². The fourth-order valence-corrected chi connectivity index (χ4v) is 5.90. The lowest BCUT2D eigenvalue weighted by Gasteiger charge is -2.30. The highest BCUT2D eigenvalue weighted by Gasteiger charge is 2.32. The van der Waals surface area contributed by atoms with Gasteiger partial charge in [0.1, 0.15) is 0 Å². The normalized spacial score (nSPS) is 11.1. The molecule has 0 bridgehead atoms. The first-order valence-corrected chi connectivity index (χ1v) is 13.1. The van der Waals surface area contributed by atoms with Crippen LogP contribution >= 0.6 is 18.1 Å². The lowest BCUT2D eigenvalue weighted by atomic mass is 10.3. The van der Waals surface area contributed by atoms with E-state index in [2.05, 4.69) is 0 Å². The van der Waals surface area contributed by atoms with Gasteiger partial charge in [-0.3, -0.25) is 9.69 Å². The first-order chi connectivity index (χ1) is 15.8. The Labute approximate surface area is 203 Å². The fraction of sp³-hybridized carbons (Fsp3) is 0.381. The van der Waals surface area contributed by atoms with Crippen molar-refractivity contribution in [3.8, 4) is 34.5 Å². The number of halogens is 1. The van der Waals surface area contributed by atoms with Crippen molar-refractivity contribution >= 4 is 35.9 Å². The number of carboxylic acids is 1. The van der Waals surface area contributed by atoms with Crippen LogP contribution in [0.15, 0.2) is 36.4 Å². The van der Waals surface area contributed by atoms with Gasteiger partial charge in [0.25, 0.3) is 0 Å². The number of aliphatic carboxylic acids is 1. The first-order valence-electron chi connectivity index (χ1n) is 9.71. The molecule has 0 unspecified atom stereocenters. The van der Waals surface area contributed by atoms with Gasteiger partial charge < -0.3 is 33.1 Å². The van der Waals surface area contributed by atoms with Crippen molar-refractivity contribution < 1.29 is 37.9 Å². The molecular weight excluding hydrogens is 493 g/mol. The van der Waals surface area contributed by atoms with Gasteiger partial charge in [-0.05, 0) is 36.1 Å². The maximum Gasteiger partial charge on any atom is 0.317 e. The van der Waals surface area contributed by atoms with Crippen LogP contribution in [-0.4, -0.2) is 69.7 Å². The highest BCUT2D eigenvalue weighted by atomic mass is 35.5. The molecule has 9 nitrogen and oxygen atoms in total. The Morgan fingerprint density at radius 1 is 0.909 bits per heavy atom. The van der Waals surface area contributed by atoms with E-state index >= 15 is 0 Å². The summed E-state index contributed by atoms with van der Waals surface area (Å²) in [5.41, 5.74) is 0. The summed E-state index contributed by atoms with van der Waals surface area (Å²) in [7, 11) is 5.94. The minimum Gasteiger partial charge on any atom is -0.493 e. The summed E-state index contributed by atoms with van der Waals surface area (Å²) >= 11 is 11.8. The van der Waals surface area contributed by atoms with Gasteiger partial charge in [-0.1, -0.05) is 12.1 Å². The average molecular weight is 520 g/mol. The Morgan fingerprint density at radius 2 is 1.30 bits per heavy atom. The largest absolute Gasteiger partial charge is 0.493 e. The number of para-hydroxylation sites is 2. The topological polar surface area (TPSA) is 95.9 Å². The molecule has 33 heavy (non-hydrogen) atoms. The number of methoxy groups -OCH3 is 4. The quantitative estimate of drug-likeness (QED) is 0.290. The Balaban J connectivity index is 2.58. The molecule has 0 aromatic heterocycles. The monoisotopic (exact) mass is 519 g/mol. The number of carbonyl (C=O) groups is 1. The predicted octanol–water partition coefficient (Wildman–Crippen LogP) is 4.07. The van der Waals surface area contributed by atoms with Gasteiger partial charge in [-0.2, -0.15) is 0 Å². The van der Waals surface area contributed by atoms with Gasteiger partial charge >= 0.3 is 12.5 Å². The van der Waals surface area contributed by atoms with Crippen LogP contribution in [0.3, 0.4) is 0 Å². The molecule has 0 saturated carbocycles. The molecule has 182 valence electrons. The van der Waals surface area contributed by atoms with Crippen LogP contribution in [0.5, 0.6) is 34.5 Å². The maximum atomic E-state index is 11.4. The molecule has 0 saturated heterocycles. The van der Waals surface area contributed by atoms with Gasteiger partial charge in [0, 0.05) is 12.4 Å². The van der Waals surface area contributed by atoms with Crippen LogP contribution in [0.4, 0.5) is 0 Å². The highest BCUT2D eigenvalue weighted by molar-refractivity contribution is 8.10. The summed E-state index contributed by atoms with van der Waals surface area (Å²) in [5, 5.41) is 9.35. The number of alkyl halides is 1. The number of nitrogens with zero attached hydrogens (tertiary/aromatic N) is 1. The molecule has 1 N–H and O–H groups in total. The molecule has 12 heteroatoms. The van der Waals surface area contributed by atoms with E-state index < -0.39 is 12.5 Å². The Kier molecular flexibility index (Phi) is 10.4. The number of hydrogen-bond acceptors (Lipinski definition) is 9. The smallest absolute Gasteiger partial charge is 0.317 e. The van der Waals surface area contributed by atoms with Crippen LogP contribution in [-0.2, 0) is 16.6 Å². The maximum absolute atomic E-state index is 11.4. The summed E-state index contributed by atoms with van der Waals surface area (Å²) in [6.45, 7) is -3.40. The summed E-state index contributed by atoms with van der Waals surface area (Å²) in [4.78, 5) is 13.0. The van der Waals surface area contributed by atoms with Crippen LogP contribution in [0.25, 0.3) is 0 Å². The van der Waals surface area contributed by atoms with Gasteiger partial charge in [-0.15, -0.1) is 11.6 Å². The zero-order valence-electron chi connectivity index (χ0n) is 18.8. The van der Waals surface area contributed by atoms with Crippen LogP contribution in [0, 0.1) is 0 Å². The van der Waals surface area contributed by atoms with E-state index in [1.165, 1.54) is 28.4 Å². The van der Waals surface area contributed by atoms with E-state index in [1.807, 2.05) is 0 Å². The summed E-state index contributed by atoms with van der Waals surface area (Å²) in [6.07, 6.45) is -0.0379. The van der Waals surface area contributed by atoms with Crippen molar-refractivity contribution in [2.45, 2.75) is 0 Å². The third kappa shape index (κ3) is 7.30. The van der Waals surface area contributed by atoms with E-state index in [4.69, 9.17) is 51.4 Å². The third-order valence-electron chi connectivity index (χ3n) is 4.36. The Bertz CT molecular complexity index is 887. The summed E-state index contributed by atoms with van der Waals surface area (Å²) in [6, 6.07) is 10.2. The molecule has 0 aliphatic rings. The van der Waals surface area contributed by atoms with Gasteiger partial charge in [0.05, 0.1) is 41.3 Å². The van der Waals surface area contributed by atoms with Crippen LogP contribution in [0.1, 0.15) is 0 Å². The molecule has 0 radical (unpaired) electrons. The van der Waals surface area contributed by atoms with Crippen molar-refractivity contribution in [1.82, 2.24) is 4.90 Å². The summed E-state index contributed by atoms with van der Waals surface area (Å²) in [5.74, 6) is 1.14. The lowest BCUT2D eigenvalue weighted by Crippen LogP contribution is -2.33. The third-order valence-corrected chi connectivity index (χ3v) is 6.99. The zero-order chi connectivity index (χ0) is 24.4. The van der Waals surface area contributed by atoms with Gasteiger partial charge in [0.2, 0.25) is 11.5 Å². The second kappa shape index (κ2) is 12.7. The van der Waals surface area contributed by atoms with Crippen molar-refractivity contribution in [1.29, 1.82) is 0 Å². The molecule has 2 rings (SSSR count). The zero-order valence-corrected chi connectivity index (χ0v) is 21.2. The molecule has 0 amide bonds. The minimum absolute atomic E-state index is 0.0379. The number of carboxylic acid groups (broad SMARTS) is 1. The molecule has 2 aromatic rings. The SMILES string of the molecule is COc1cccc(OC)c1OP(=S)(CN(CCCl)CC(=O)O)Oc1c(OC)cccc1OC. The van der Waals surface area contributed by atoms with Crippen LogP contribution < -0.4 is 28.0 Å². The van der Waals surface area contributed by atoms with Crippen molar-refractivity contribution in [2.75, 3.05) is 53.7 Å². The van der Waals surface area contributed by atoms with Gasteiger partial charge in [-0.25, -0.2) is 0 Å². The van der Waals surface area contributed by atoms with E-state index in [0.717, 1.165) is 0 Å². The molecular formula is C21H27ClNO8PS. The predicted molar refractivity (Wildman–Crippen MR) is 129 cm³/mol. The van der Waals surface area contributed by atoms with E-state index in [-0.39, 0.29) is 36.8 Å². The van der Waals surface area contributed by atoms with Crippen molar-refractivity contribution in [3.05, 3.63) is 36.4 Å². The second-order valence-corrected chi connectivity index (χ2v) is 10.5. The fourth-order valence-electron chi connectivity index (χ4n) is 2.92. The average Bonchev–Trinajstić information content (AvgIpc) is 2.78. The number of rotatable bonds is 14. The Morgan fingerprint density at radius 3 is 1.61 bits per heavy atom. The molecule has 0 fully saturated rings. The molecule has 0 heterocycles. The van der Waals surface area contributed by atoms with Crippen molar-refractivity contribution in [3.63, 3.8) is 0 Å². The number of ether oxygens (including phenoxy) is 4. The molecule has 0 aliphatic heterocycles. The van der Waals surface area contributed by atoms with E-state index in [1.54, 1.807) is 41.3 Å². The Hall–Kier alpha value is -2.39. The van der Waals surface area contributed by atoms with Crippen molar-refractivity contribution in [2.24, 2.45) is 0 Å². The first kappa shape index (κ1) is 26.9. The van der Waals surface area contributed by atoms with Crippen LogP contribution in [0.2, 0.25) is 0 Å². The number of hydrogen-bond donors (Lipinski definition) is 1. The highest BCUT2D eigenvalue weighted by Crippen LogP contribution is 2.56. The minimum atomic E-state index is -3.35. The molecule has 0 aliphatic carbocycles. The molecule has 2 aromatic carbocycles. The standard InChI is InChI=1S/C21H27ClNO8PS/c1-26-15-7-5-8-16(27-2)20(15)30-32(33,14-23(12-11-22)13-19(24)25)31-21-17(28-3)9-6-10-18(21)29-4/h5-10H,11-14H2,1-4H3,(H,24,25). The lowest BCUT2D eigenvalue weighted by molar-refractivity contribution is -0.138. The van der Waals surface area contributed by atoms with E-state index in [0.29, 0.717) is 23.0 Å². The second-order valence-electron chi connectivity index (χ2n) is 6.55. The molecule has 0 atom stereocenters. The summed E-state index contributed by atoms with van der Waals surface area (Å²) < 4.78 is 34.2.